The van der Waals surface area contributed by atoms with E-state index in [2.05, 4.69) is 10.6 Å². The van der Waals surface area contributed by atoms with Crippen LogP contribution in [0.15, 0.2) is 18.2 Å². The Bertz CT molecular complexity index is 947. The van der Waals surface area contributed by atoms with Crippen molar-refractivity contribution >= 4 is 23.6 Å². The van der Waals surface area contributed by atoms with Gasteiger partial charge in [0.15, 0.2) is 6.61 Å². The fraction of sp³-hybridized carbons (Fsp3) is 0.545. The molecule has 3 fully saturated rings. The first-order chi connectivity index (χ1) is 15.0. The molecule has 0 saturated carbocycles. The van der Waals surface area contributed by atoms with Gasteiger partial charge in [0.1, 0.15) is 11.8 Å². The minimum Gasteiger partial charge on any atom is -0.483 e. The Labute approximate surface area is 180 Å². The van der Waals surface area contributed by atoms with Crippen LogP contribution in [0.3, 0.4) is 0 Å². The highest BCUT2D eigenvalue weighted by molar-refractivity contribution is 6.05. The largest absolute Gasteiger partial charge is 0.483 e. The Morgan fingerprint density at radius 2 is 2.06 bits per heavy atom. The van der Waals surface area contributed by atoms with E-state index >= 15 is 0 Å². The highest BCUT2D eigenvalue weighted by atomic mass is 16.5. The first-order valence-corrected chi connectivity index (χ1v) is 10.8. The van der Waals surface area contributed by atoms with Crippen molar-refractivity contribution in [2.45, 2.75) is 38.3 Å². The summed E-state index contributed by atoms with van der Waals surface area (Å²) in [7, 11) is 0. The molecule has 9 nitrogen and oxygen atoms in total. The van der Waals surface area contributed by atoms with Gasteiger partial charge < -0.3 is 19.9 Å². The third kappa shape index (κ3) is 3.56. The number of amides is 4. The monoisotopic (exact) mass is 426 g/mol. The average molecular weight is 426 g/mol. The van der Waals surface area contributed by atoms with Crippen LogP contribution < -0.4 is 15.4 Å². The van der Waals surface area contributed by atoms with E-state index in [1.807, 2.05) is 4.90 Å². The minimum atomic E-state index is -0.673. The molecule has 0 radical (unpaired) electrons. The zero-order valence-electron chi connectivity index (χ0n) is 17.3. The summed E-state index contributed by atoms with van der Waals surface area (Å²) in [5, 5.41) is 5.71. The smallest absolute Gasteiger partial charge is 0.260 e. The molecule has 4 amide bonds. The van der Waals surface area contributed by atoms with Crippen molar-refractivity contribution < 1.29 is 23.9 Å². The lowest BCUT2D eigenvalue weighted by Crippen LogP contribution is -2.64. The number of nitrogens with zero attached hydrogens (tertiary/aromatic N) is 2. The predicted octanol–water partition coefficient (Wildman–Crippen LogP) is 0.0384. The van der Waals surface area contributed by atoms with Gasteiger partial charge in [-0.05, 0) is 37.9 Å². The molecule has 164 valence electrons. The van der Waals surface area contributed by atoms with Crippen LogP contribution in [-0.2, 0) is 20.9 Å². The summed E-state index contributed by atoms with van der Waals surface area (Å²) < 4.78 is 5.83. The molecule has 1 aromatic carbocycles. The van der Waals surface area contributed by atoms with Crippen molar-refractivity contribution in [3.8, 4) is 5.75 Å². The van der Waals surface area contributed by atoms with E-state index in [9.17, 15) is 19.2 Å². The topological polar surface area (TPSA) is 108 Å². The number of carbonyl (C=O) groups is 4. The number of hydrogen-bond acceptors (Lipinski definition) is 6. The van der Waals surface area contributed by atoms with Gasteiger partial charge >= 0.3 is 0 Å². The first kappa shape index (κ1) is 20.0. The lowest BCUT2D eigenvalue weighted by Gasteiger charge is -2.52. The molecule has 0 bridgehead atoms. The van der Waals surface area contributed by atoms with Crippen molar-refractivity contribution in [2.24, 2.45) is 5.41 Å². The lowest BCUT2D eigenvalue weighted by molar-refractivity contribution is -0.146. The Kier molecular flexibility index (Phi) is 4.92. The van der Waals surface area contributed by atoms with Crippen LogP contribution in [-0.4, -0.2) is 72.3 Å². The fourth-order valence-electron chi connectivity index (χ4n) is 5.16. The van der Waals surface area contributed by atoms with E-state index in [1.54, 1.807) is 18.2 Å². The Balaban J connectivity index is 1.22. The normalized spacial score (nSPS) is 24.6. The van der Waals surface area contributed by atoms with Gasteiger partial charge in [0.05, 0.1) is 6.54 Å². The molecular weight excluding hydrogens is 400 g/mol. The Morgan fingerprint density at radius 1 is 1.23 bits per heavy atom. The van der Waals surface area contributed by atoms with Gasteiger partial charge in [0.2, 0.25) is 11.8 Å². The summed E-state index contributed by atoms with van der Waals surface area (Å²) in [4.78, 5) is 52.4. The fourth-order valence-corrected chi connectivity index (χ4v) is 5.16. The van der Waals surface area contributed by atoms with Crippen molar-refractivity contribution in [3.05, 3.63) is 29.3 Å². The average Bonchev–Trinajstić information content (AvgIpc) is 3.08. The molecule has 0 aliphatic carbocycles. The van der Waals surface area contributed by atoms with Gasteiger partial charge in [-0.3, -0.25) is 24.5 Å². The maximum absolute atomic E-state index is 12.9. The summed E-state index contributed by atoms with van der Waals surface area (Å²) in [6, 6.07) is 4.49. The molecule has 31 heavy (non-hydrogen) atoms. The maximum Gasteiger partial charge on any atom is 0.260 e. The van der Waals surface area contributed by atoms with E-state index in [4.69, 9.17) is 4.74 Å². The van der Waals surface area contributed by atoms with Crippen molar-refractivity contribution in [1.29, 1.82) is 0 Å². The molecule has 1 unspecified atom stereocenters. The quantitative estimate of drug-likeness (QED) is 0.658. The minimum absolute atomic E-state index is 0.0554. The number of carbonyl (C=O) groups excluding carboxylic acids is 4. The van der Waals surface area contributed by atoms with Crippen LogP contribution in [0.1, 0.15) is 41.6 Å². The summed E-state index contributed by atoms with van der Waals surface area (Å²) in [6.45, 7) is 3.68. The predicted molar refractivity (Wildman–Crippen MR) is 109 cm³/mol. The van der Waals surface area contributed by atoms with Crippen LogP contribution in [0.25, 0.3) is 0 Å². The van der Waals surface area contributed by atoms with Gasteiger partial charge in [0, 0.05) is 42.6 Å². The second-order valence-electron chi connectivity index (χ2n) is 9.00. The molecule has 9 heteroatoms. The third-order valence-electron chi connectivity index (χ3n) is 6.86. The van der Waals surface area contributed by atoms with Crippen molar-refractivity contribution in [3.63, 3.8) is 0 Å². The lowest BCUT2D eigenvalue weighted by atomic mass is 9.74. The van der Waals surface area contributed by atoms with Gasteiger partial charge in [-0.1, -0.05) is 6.07 Å². The second kappa shape index (κ2) is 7.64. The van der Waals surface area contributed by atoms with Crippen LogP contribution >= 0.6 is 0 Å². The number of rotatable bonds is 4. The molecular formula is C22H26N4O5. The van der Waals surface area contributed by atoms with Crippen LogP contribution in [0.4, 0.5) is 0 Å². The molecule has 5 rings (SSSR count). The SMILES string of the molecule is O=C1CCC(N2Cc3c(OCC(=O)N4CC5(CCCNC5)C4)cccc3C2=O)C(=O)N1. The number of fused-ring (bicyclic) bond motifs is 1. The molecule has 3 saturated heterocycles. The molecule has 1 atom stereocenters. The molecule has 1 aromatic rings. The number of nitrogens with one attached hydrogen (secondary N) is 2. The van der Waals surface area contributed by atoms with Gasteiger partial charge in [-0.15, -0.1) is 0 Å². The number of imide groups is 1. The maximum atomic E-state index is 12.9. The van der Waals surface area contributed by atoms with E-state index in [0.29, 0.717) is 23.3 Å². The van der Waals surface area contributed by atoms with E-state index in [-0.39, 0.29) is 42.7 Å². The molecule has 0 aromatic heterocycles. The van der Waals surface area contributed by atoms with Gasteiger partial charge in [-0.2, -0.15) is 0 Å². The molecule has 2 N–H and O–H groups in total. The van der Waals surface area contributed by atoms with E-state index in [0.717, 1.165) is 39.0 Å². The molecule has 4 aliphatic rings. The summed E-state index contributed by atoms with van der Waals surface area (Å²) in [6.07, 6.45) is 2.81. The summed E-state index contributed by atoms with van der Waals surface area (Å²) in [5.74, 6) is -0.580. The molecule has 4 heterocycles. The summed E-state index contributed by atoms with van der Waals surface area (Å²) in [5.41, 5.74) is 1.38. The second-order valence-corrected chi connectivity index (χ2v) is 9.00. The number of hydrogen-bond donors (Lipinski definition) is 2. The van der Waals surface area contributed by atoms with E-state index < -0.39 is 11.9 Å². The van der Waals surface area contributed by atoms with Crippen molar-refractivity contribution in [2.75, 3.05) is 32.8 Å². The van der Waals surface area contributed by atoms with Crippen molar-refractivity contribution in [1.82, 2.24) is 20.4 Å². The van der Waals surface area contributed by atoms with E-state index in [1.165, 1.54) is 4.90 Å². The molecule has 1 spiro atoms. The summed E-state index contributed by atoms with van der Waals surface area (Å²) >= 11 is 0. The van der Waals surface area contributed by atoms with Gasteiger partial charge in [0.25, 0.3) is 11.8 Å². The number of ether oxygens (including phenoxy) is 1. The number of likely N-dealkylation sites (tertiary alicyclic amines) is 1. The van der Waals surface area contributed by atoms with Crippen LogP contribution in [0, 0.1) is 5.41 Å². The zero-order chi connectivity index (χ0) is 21.6. The highest BCUT2D eigenvalue weighted by Gasteiger charge is 2.45. The molecule has 4 aliphatic heterocycles. The third-order valence-corrected chi connectivity index (χ3v) is 6.86. The van der Waals surface area contributed by atoms with Gasteiger partial charge in [-0.25, -0.2) is 0 Å². The zero-order valence-corrected chi connectivity index (χ0v) is 17.3. The van der Waals surface area contributed by atoms with Crippen LogP contribution in [0.2, 0.25) is 0 Å². The number of benzene rings is 1. The standard InChI is InChI=1S/C22H26N4O5/c27-18-6-5-16(20(29)24-18)26-9-15-14(21(26)30)3-1-4-17(15)31-10-19(28)25-12-22(13-25)7-2-8-23-11-22/h1,3-4,16,23H,2,5-13H2,(H,24,27,29). The number of piperidine rings is 2. The Morgan fingerprint density at radius 3 is 2.81 bits per heavy atom. The Hall–Kier alpha value is -2.94. The first-order valence-electron chi connectivity index (χ1n) is 10.8. The highest BCUT2D eigenvalue weighted by Crippen LogP contribution is 2.37. The van der Waals surface area contributed by atoms with Crippen LogP contribution in [0.5, 0.6) is 5.75 Å².